The molecule has 1 fully saturated rings. The van der Waals surface area contributed by atoms with Crippen molar-refractivity contribution < 1.29 is 0 Å². The minimum atomic E-state index is 0.465. The highest BCUT2D eigenvalue weighted by Gasteiger charge is 2.19. The smallest absolute Gasteiger partial charge is 0.181 e. The van der Waals surface area contributed by atoms with Gasteiger partial charge < -0.3 is 5.32 Å². The van der Waals surface area contributed by atoms with E-state index in [0.717, 1.165) is 30.3 Å². The van der Waals surface area contributed by atoms with E-state index < -0.39 is 0 Å². The molecule has 1 saturated heterocycles. The highest BCUT2D eigenvalue weighted by Crippen LogP contribution is 2.22. The molecule has 3 rings (SSSR count). The zero-order valence-electron chi connectivity index (χ0n) is 9.56. The lowest BCUT2D eigenvalue weighted by molar-refractivity contribution is 0.447. The number of hydrogen-bond acceptors (Lipinski definition) is 4. The Hall–Kier alpha value is -1.75. The fraction of sp³-hybridized carbons (Fsp3) is 0.417. The first-order valence-electron chi connectivity index (χ1n) is 5.97. The van der Waals surface area contributed by atoms with Gasteiger partial charge in [0.15, 0.2) is 5.82 Å². The van der Waals surface area contributed by atoms with Gasteiger partial charge in [0.2, 0.25) is 0 Å². The molecule has 17 heavy (non-hydrogen) atoms. The minimum absolute atomic E-state index is 0.465. The second-order valence-electron chi connectivity index (χ2n) is 4.32. The maximum Gasteiger partial charge on any atom is 0.181 e. The molecule has 0 aromatic carbocycles. The number of aromatic amines is 1. The van der Waals surface area contributed by atoms with Crippen LogP contribution in [0.3, 0.4) is 0 Å². The van der Waals surface area contributed by atoms with Crippen LogP contribution < -0.4 is 5.32 Å². The minimum Gasteiger partial charge on any atom is -0.316 e. The Bertz CT molecular complexity index is 473. The molecule has 1 atom stereocenters. The Kier molecular flexibility index (Phi) is 2.83. The largest absolute Gasteiger partial charge is 0.316 e. The fourth-order valence-corrected chi connectivity index (χ4v) is 2.17. The normalized spacial score (nSPS) is 20.4. The average Bonchev–Trinajstić information content (AvgIpc) is 2.90. The van der Waals surface area contributed by atoms with E-state index in [1.807, 2.05) is 12.1 Å². The van der Waals surface area contributed by atoms with E-state index in [-0.39, 0.29) is 0 Å². The van der Waals surface area contributed by atoms with Crippen LogP contribution in [-0.2, 0) is 0 Å². The lowest BCUT2D eigenvalue weighted by Gasteiger charge is -2.20. The molecule has 5 heteroatoms. The Morgan fingerprint density at radius 1 is 1.24 bits per heavy atom. The molecule has 2 N–H and O–H groups in total. The quantitative estimate of drug-likeness (QED) is 0.815. The summed E-state index contributed by atoms with van der Waals surface area (Å²) < 4.78 is 0. The number of rotatable bonds is 2. The number of aromatic nitrogens is 4. The number of piperidine rings is 1. The van der Waals surface area contributed by atoms with E-state index in [2.05, 4.69) is 25.5 Å². The predicted molar refractivity (Wildman–Crippen MR) is 64.5 cm³/mol. The highest BCUT2D eigenvalue weighted by molar-refractivity contribution is 5.53. The van der Waals surface area contributed by atoms with Crippen LogP contribution in [0.5, 0.6) is 0 Å². The van der Waals surface area contributed by atoms with E-state index in [9.17, 15) is 0 Å². The fourth-order valence-electron chi connectivity index (χ4n) is 2.17. The average molecular weight is 229 g/mol. The van der Waals surface area contributed by atoms with Gasteiger partial charge >= 0.3 is 0 Å². The van der Waals surface area contributed by atoms with Crippen LogP contribution in [0.25, 0.3) is 11.4 Å². The summed E-state index contributed by atoms with van der Waals surface area (Å²) in [5.74, 6) is 2.21. The second kappa shape index (κ2) is 4.63. The van der Waals surface area contributed by atoms with E-state index >= 15 is 0 Å². The van der Waals surface area contributed by atoms with Crippen LogP contribution in [0.1, 0.15) is 24.6 Å². The summed E-state index contributed by atoms with van der Waals surface area (Å²) in [5, 5.41) is 10.7. The van der Waals surface area contributed by atoms with Crippen molar-refractivity contribution in [1.82, 2.24) is 25.5 Å². The molecule has 0 unspecified atom stereocenters. The third-order valence-electron chi connectivity index (χ3n) is 3.12. The summed E-state index contributed by atoms with van der Waals surface area (Å²) >= 11 is 0. The SMILES string of the molecule is c1cc(-c2n[nH]c([C@H]3CCCNC3)n2)ccn1. The van der Waals surface area contributed by atoms with Gasteiger partial charge in [0.25, 0.3) is 0 Å². The maximum atomic E-state index is 4.57. The molecule has 1 aliphatic heterocycles. The van der Waals surface area contributed by atoms with Gasteiger partial charge in [0.05, 0.1) is 0 Å². The molecular weight excluding hydrogens is 214 g/mol. The summed E-state index contributed by atoms with van der Waals surface area (Å²) in [6.07, 6.45) is 5.90. The highest BCUT2D eigenvalue weighted by atomic mass is 15.2. The maximum absolute atomic E-state index is 4.57. The van der Waals surface area contributed by atoms with Crippen LogP contribution in [0.4, 0.5) is 0 Å². The summed E-state index contributed by atoms with van der Waals surface area (Å²) in [4.78, 5) is 8.56. The lowest BCUT2D eigenvalue weighted by Crippen LogP contribution is -2.28. The van der Waals surface area contributed by atoms with Gasteiger partial charge in [0.1, 0.15) is 5.82 Å². The molecular formula is C12H15N5. The third kappa shape index (κ3) is 2.19. The lowest BCUT2D eigenvalue weighted by atomic mass is 9.99. The molecule has 88 valence electrons. The molecule has 2 aromatic heterocycles. The first-order valence-corrected chi connectivity index (χ1v) is 5.97. The van der Waals surface area contributed by atoms with Crippen molar-refractivity contribution in [2.24, 2.45) is 0 Å². The molecule has 2 aromatic rings. The van der Waals surface area contributed by atoms with Gasteiger partial charge in [-0.3, -0.25) is 10.1 Å². The standard InChI is InChI=1S/C12H15N5/c1-2-10(8-14-5-1)12-15-11(16-17-12)9-3-6-13-7-4-9/h3-4,6-7,10,14H,1-2,5,8H2,(H,15,16,17)/t10-/m0/s1. The Morgan fingerprint density at radius 3 is 2.88 bits per heavy atom. The number of H-pyrrole nitrogens is 1. The number of nitrogens with one attached hydrogen (secondary N) is 2. The molecule has 0 saturated carbocycles. The van der Waals surface area contributed by atoms with Gasteiger partial charge in [-0.05, 0) is 31.5 Å². The van der Waals surface area contributed by atoms with Crippen molar-refractivity contribution in [3.05, 3.63) is 30.4 Å². The molecule has 1 aliphatic rings. The van der Waals surface area contributed by atoms with Crippen molar-refractivity contribution >= 4 is 0 Å². The predicted octanol–water partition coefficient (Wildman–Crippen LogP) is 1.33. The van der Waals surface area contributed by atoms with E-state index in [1.165, 1.54) is 12.8 Å². The van der Waals surface area contributed by atoms with E-state index in [1.54, 1.807) is 12.4 Å². The zero-order chi connectivity index (χ0) is 11.5. The van der Waals surface area contributed by atoms with Crippen LogP contribution in [-0.4, -0.2) is 33.3 Å². The third-order valence-corrected chi connectivity index (χ3v) is 3.12. The summed E-state index contributed by atoms with van der Waals surface area (Å²) in [7, 11) is 0. The zero-order valence-corrected chi connectivity index (χ0v) is 9.56. The first kappa shape index (κ1) is 10.4. The number of pyridine rings is 1. The van der Waals surface area contributed by atoms with Crippen molar-refractivity contribution in [3.8, 4) is 11.4 Å². The molecule has 0 spiro atoms. The van der Waals surface area contributed by atoms with Crippen LogP contribution in [0.15, 0.2) is 24.5 Å². The number of hydrogen-bond donors (Lipinski definition) is 2. The van der Waals surface area contributed by atoms with Gasteiger partial charge in [0, 0.05) is 30.4 Å². The summed E-state index contributed by atoms with van der Waals surface area (Å²) in [6, 6.07) is 3.85. The van der Waals surface area contributed by atoms with Crippen LogP contribution in [0, 0.1) is 0 Å². The molecule has 5 nitrogen and oxygen atoms in total. The van der Waals surface area contributed by atoms with Crippen molar-refractivity contribution in [1.29, 1.82) is 0 Å². The summed E-state index contributed by atoms with van der Waals surface area (Å²) in [5.41, 5.74) is 1.01. The Morgan fingerprint density at radius 2 is 2.12 bits per heavy atom. The van der Waals surface area contributed by atoms with Crippen LogP contribution >= 0.6 is 0 Å². The van der Waals surface area contributed by atoms with Crippen molar-refractivity contribution in [2.75, 3.05) is 13.1 Å². The molecule has 0 aliphatic carbocycles. The van der Waals surface area contributed by atoms with Gasteiger partial charge in [-0.1, -0.05) is 0 Å². The summed E-state index contributed by atoms with van der Waals surface area (Å²) in [6.45, 7) is 2.10. The topological polar surface area (TPSA) is 66.5 Å². The number of nitrogens with zero attached hydrogens (tertiary/aromatic N) is 3. The Balaban J connectivity index is 1.83. The Labute approximate surface area is 99.7 Å². The first-order chi connectivity index (χ1) is 8.43. The molecule has 3 heterocycles. The molecule has 0 radical (unpaired) electrons. The van der Waals surface area contributed by atoms with E-state index in [0.29, 0.717) is 5.92 Å². The van der Waals surface area contributed by atoms with Crippen molar-refractivity contribution in [3.63, 3.8) is 0 Å². The monoisotopic (exact) mass is 229 g/mol. The van der Waals surface area contributed by atoms with Gasteiger partial charge in [-0.2, -0.15) is 5.10 Å². The van der Waals surface area contributed by atoms with Gasteiger partial charge in [-0.25, -0.2) is 4.98 Å². The second-order valence-corrected chi connectivity index (χ2v) is 4.32. The van der Waals surface area contributed by atoms with Gasteiger partial charge in [-0.15, -0.1) is 0 Å². The van der Waals surface area contributed by atoms with Crippen LogP contribution in [0.2, 0.25) is 0 Å². The molecule has 0 bridgehead atoms. The molecule has 0 amide bonds. The van der Waals surface area contributed by atoms with E-state index in [4.69, 9.17) is 0 Å². The van der Waals surface area contributed by atoms with Crippen molar-refractivity contribution in [2.45, 2.75) is 18.8 Å².